The largest absolute Gasteiger partial charge is 0.383 e. The highest BCUT2D eigenvalue weighted by Crippen LogP contribution is 2.30. The summed E-state index contributed by atoms with van der Waals surface area (Å²) in [5.74, 6) is 1.86. The van der Waals surface area contributed by atoms with Crippen LogP contribution in [-0.4, -0.2) is 16.3 Å². The Morgan fingerprint density at radius 1 is 1.65 bits per heavy atom. The van der Waals surface area contributed by atoms with Crippen molar-refractivity contribution in [2.24, 2.45) is 5.92 Å². The van der Waals surface area contributed by atoms with Gasteiger partial charge in [0.2, 0.25) is 0 Å². The van der Waals surface area contributed by atoms with Crippen LogP contribution in [0.2, 0.25) is 0 Å². The number of nitrogens with zero attached hydrogens (tertiary/aromatic N) is 3. The molecule has 1 aliphatic carbocycles. The van der Waals surface area contributed by atoms with E-state index in [1.807, 2.05) is 0 Å². The summed E-state index contributed by atoms with van der Waals surface area (Å²) in [6.07, 6.45) is 3.49. The van der Waals surface area contributed by atoms with Crippen molar-refractivity contribution >= 4 is 11.6 Å². The standard InChI is InChI=1S/C12H19N5/c1-3-8(2)17-11(14)10(6-13)12(16-17)15-7-9-4-5-9/h8-9H,3-5,7,14H2,1-2H3,(H,15,16). The zero-order valence-electron chi connectivity index (χ0n) is 10.4. The van der Waals surface area contributed by atoms with E-state index in [9.17, 15) is 0 Å². The Bertz CT molecular complexity index is 438. The molecule has 1 aromatic heterocycles. The molecule has 0 bridgehead atoms. The molecule has 1 aromatic rings. The van der Waals surface area contributed by atoms with Gasteiger partial charge < -0.3 is 11.1 Å². The van der Waals surface area contributed by atoms with Crippen LogP contribution in [0.3, 0.4) is 0 Å². The Balaban J connectivity index is 2.21. The minimum Gasteiger partial charge on any atom is -0.383 e. The fraction of sp³-hybridized carbons (Fsp3) is 0.667. The Hall–Kier alpha value is -1.70. The van der Waals surface area contributed by atoms with Gasteiger partial charge in [0, 0.05) is 6.54 Å². The first-order valence-electron chi connectivity index (χ1n) is 6.19. The molecule has 1 atom stereocenters. The van der Waals surface area contributed by atoms with Gasteiger partial charge in [0.05, 0.1) is 6.04 Å². The van der Waals surface area contributed by atoms with Gasteiger partial charge in [0.25, 0.3) is 0 Å². The molecule has 0 saturated heterocycles. The van der Waals surface area contributed by atoms with Gasteiger partial charge in [-0.2, -0.15) is 10.4 Å². The quantitative estimate of drug-likeness (QED) is 0.816. The highest BCUT2D eigenvalue weighted by Gasteiger charge is 2.23. The molecule has 0 aromatic carbocycles. The van der Waals surface area contributed by atoms with E-state index in [2.05, 4.69) is 30.3 Å². The second-order valence-corrected chi connectivity index (χ2v) is 4.75. The lowest BCUT2D eigenvalue weighted by Crippen LogP contribution is -2.10. The van der Waals surface area contributed by atoms with E-state index in [1.165, 1.54) is 12.8 Å². The summed E-state index contributed by atoms with van der Waals surface area (Å²) in [5.41, 5.74) is 6.43. The van der Waals surface area contributed by atoms with E-state index >= 15 is 0 Å². The molecule has 3 N–H and O–H groups in total. The van der Waals surface area contributed by atoms with Gasteiger partial charge in [-0.3, -0.25) is 0 Å². The minimum atomic E-state index is 0.221. The first kappa shape index (κ1) is 11.8. The Kier molecular flexibility index (Phi) is 3.23. The maximum absolute atomic E-state index is 9.12. The van der Waals surface area contributed by atoms with Gasteiger partial charge in [-0.05, 0) is 32.1 Å². The fourth-order valence-corrected chi connectivity index (χ4v) is 1.75. The van der Waals surface area contributed by atoms with Crippen molar-refractivity contribution in [3.05, 3.63) is 5.56 Å². The third-order valence-electron chi connectivity index (χ3n) is 3.32. The average molecular weight is 233 g/mol. The molecule has 1 saturated carbocycles. The summed E-state index contributed by atoms with van der Waals surface area (Å²) < 4.78 is 1.74. The molecule has 5 heteroatoms. The molecule has 17 heavy (non-hydrogen) atoms. The minimum absolute atomic E-state index is 0.221. The second-order valence-electron chi connectivity index (χ2n) is 4.75. The predicted octanol–water partition coefficient (Wildman–Crippen LogP) is 2.13. The third-order valence-corrected chi connectivity index (χ3v) is 3.32. The van der Waals surface area contributed by atoms with Crippen LogP contribution in [0, 0.1) is 17.2 Å². The molecule has 92 valence electrons. The van der Waals surface area contributed by atoms with Crippen molar-refractivity contribution in [3.8, 4) is 6.07 Å². The Morgan fingerprint density at radius 2 is 2.35 bits per heavy atom. The van der Waals surface area contributed by atoms with Crippen molar-refractivity contribution < 1.29 is 0 Å². The highest BCUT2D eigenvalue weighted by molar-refractivity contribution is 5.63. The molecule has 1 fully saturated rings. The topological polar surface area (TPSA) is 79.7 Å². The number of nitriles is 1. The van der Waals surface area contributed by atoms with Crippen LogP contribution in [0.25, 0.3) is 0 Å². The van der Waals surface area contributed by atoms with Crippen LogP contribution >= 0.6 is 0 Å². The number of nitrogen functional groups attached to an aromatic ring is 1. The number of anilines is 2. The van der Waals surface area contributed by atoms with Crippen LogP contribution in [0.4, 0.5) is 11.6 Å². The maximum Gasteiger partial charge on any atom is 0.168 e. The normalized spacial score (nSPS) is 16.5. The molecule has 1 unspecified atom stereocenters. The number of nitrogens with two attached hydrogens (primary N) is 1. The van der Waals surface area contributed by atoms with E-state index in [0.717, 1.165) is 18.9 Å². The van der Waals surface area contributed by atoms with E-state index in [1.54, 1.807) is 4.68 Å². The zero-order valence-corrected chi connectivity index (χ0v) is 10.4. The average Bonchev–Trinajstić information content (AvgIpc) is 3.10. The summed E-state index contributed by atoms with van der Waals surface area (Å²) in [7, 11) is 0. The van der Waals surface area contributed by atoms with Gasteiger partial charge in [-0.15, -0.1) is 0 Å². The summed E-state index contributed by atoms with van der Waals surface area (Å²) >= 11 is 0. The first-order chi connectivity index (χ1) is 8.17. The Labute approximate surface area is 102 Å². The van der Waals surface area contributed by atoms with E-state index in [-0.39, 0.29) is 6.04 Å². The lowest BCUT2D eigenvalue weighted by Gasteiger charge is -2.10. The zero-order chi connectivity index (χ0) is 12.4. The molecular formula is C12H19N5. The van der Waals surface area contributed by atoms with Crippen LogP contribution < -0.4 is 11.1 Å². The molecule has 0 radical (unpaired) electrons. The molecule has 0 spiro atoms. The van der Waals surface area contributed by atoms with Crippen LogP contribution in [0.5, 0.6) is 0 Å². The fourth-order valence-electron chi connectivity index (χ4n) is 1.75. The molecule has 5 nitrogen and oxygen atoms in total. The maximum atomic E-state index is 9.12. The lowest BCUT2D eigenvalue weighted by molar-refractivity contribution is 0.486. The van der Waals surface area contributed by atoms with Gasteiger partial charge >= 0.3 is 0 Å². The summed E-state index contributed by atoms with van der Waals surface area (Å²) in [5, 5.41) is 16.8. The monoisotopic (exact) mass is 233 g/mol. The van der Waals surface area contributed by atoms with Gasteiger partial charge in [-0.1, -0.05) is 6.92 Å². The van der Waals surface area contributed by atoms with Crippen LogP contribution in [0.15, 0.2) is 0 Å². The third kappa shape index (κ3) is 2.36. The summed E-state index contributed by atoms with van der Waals surface area (Å²) in [6.45, 7) is 5.02. The molecule has 1 aliphatic rings. The van der Waals surface area contributed by atoms with Crippen molar-refractivity contribution in [3.63, 3.8) is 0 Å². The molecular weight excluding hydrogens is 214 g/mol. The van der Waals surface area contributed by atoms with Crippen LogP contribution in [0.1, 0.15) is 44.7 Å². The number of aromatic nitrogens is 2. The van der Waals surface area contributed by atoms with E-state index in [0.29, 0.717) is 17.2 Å². The van der Waals surface area contributed by atoms with Crippen molar-refractivity contribution in [2.75, 3.05) is 17.6 Å². The molecule has 0 amide bonds. The lowest BCUT2D eigenvalue weighted by atomic mass is 10.2. The van der Waals surface area contributed by atoms with Gasteiger partial charge in [0.1, 0.15) is 17.5 Å². The number of hydrogen-bond donors (Lipinski definition) is 2. The second kappa shape index (κ2) is 4.66. The van der Waals surface area contributed by atoms with E-state index in [4.69, 9.17) is 11.0 Å². The van der Waals surface area contributed by atoms with Crippen molar-refractivity contribution in [1.82, 2.24) is 9.78 Å². The smallest absolute Gasteiger partial charge is 0.168 e. The number of nitrogens with one attached hydrogen (secondary N) is 1. The first-order valence-corrected chi connectivity index (χ1v) is 6.19. The highest BCUT2D eigenvalue weighted by atomic mass is 15.4. The summed E-state index contributed by atoms with van der Waals surface area (Å²) in [4.78, 5) is 0. The number of hydrogen-bond acceptors (Lipinski definition) is 4. The predicted molar refractivity (Wildman–Crippen MR) is 67.6 cm³/mol. The summed E-state index contributed by atoms with van der Waals surface area (Å²) in [6, 6.07) is 2.36. The van der Waals surface area contributed by atoms with Crippen molar-refractivity contribution in [2.45, 2.75) is 39.2 Å². The van der Waals surface area contributed by atoms with Gasteiger partial charge in [0.15, 0.2) is 5.82 Å². The SMILES string of the molecule is CCC(C)n1nc(NCC2CC2)c(C#N)c1N. The van der Waals surface area contributed by atoms with Crippen LogP contribution in [-0.2, 0) is 0 Å². The number of rotatable bonds is 5. The van der Waals surface area contributed by atoms with Gasteiger partial charge in [-0.25, -0.2) is 4.68 Å². The molecule has 2 rings (SSSR count). The Morgan fingerprint density at radius 3 is 2.88 bits per heavy atom. The molecule has 1 heterocycles. The van der Waals surface area contributed by atoms with E-state index < -0.39 is 0 Å². The van der Waals surface area contributed by atoms with Crippen molar-refractivity contribution in [1.29, 1.82) is 5.26 Å². The molecule has 0 aliphatic heterocycles.